The molecule has 8 nitrogen and oxygen atoms in total. The van der Waals surface area contributed by atoms with Gasteiger partial charge < -0.3 is 9.73 Å². The number of nitrogens with one attached hydrogen (secondary N) is 3. The number of anilines is 2. The Labute approximate surface area is 170 Å². The smallest absolute Gasteiger partial charge is 0.240 e. The fourth-order valence-electron chi connectivity index (χ4n) is 2.04. The van der Waals surface area contributed by atoms with E-state index in [0.717, 1.165) is 16.3 Å². The molecule has 0 saturated carbocycles. The number of rotatable bonds is 10. The summed E-state index contributed by atoms with van der Waals surface area (Å²) in [6.45, 7) is 3.72. The molecule has 0 aliphatic rings. The Hall–Kier alpha value is -2.98. The zero-order chi connectivity index (χ0) is 19.6. The van der Waals surface area contributed by atoms with Gasteiger partial charge in [0, 0.05) is 10.6 Å². The average Bonchev–Trinajstić information content (AvgIpc) is 3.38. The molecule has 0 saturated heterocycles. The van der Waals surface area contributed by atoms with Gasteiger partial charge in [0.15, 0.2) is 0 Å². The zero-order valence-corrected chi connectivity index (χ0v) is 16.4. The van der Waals surface area contributed by atoms with Crippen molar-refractivity contribution in [2.24, 2.45) is 5.10 Å². The van der Waals surface area contributed by atoms with E-state index in [4.69, 9.17) is 4.42 Å². The van der Waals surface area contributed by atoms with Crippen molar-refractivity contribution in [3.63, 3.8) is 0 Å². The number of benzene rings is 1. The van der Waals surface area contributed by atoms with E-state index in [1.165, 1.54) is 18.0 Å². The normalized spacial score (nSPS) is 10.9. The van der Waals surface area contributed by atoms with E-state index in [1.807, 2.05) is 30.3 Å². The minimum atomic E-state index is -0.133. The number of aromatic amines is 1. The largest absolute Gasteiger partial charge is 0.463 e. The molecule has 3 aromatic rings. The van der Waals surface area contributed by atoms with Crippen molar-refractivity contribution in [1.29, 1.82) is 0 Å². The molecule has 1 amide bonds. The van der Waals surface area contributed by atoms with Crippen LogP contribution >= 0.6 is 23.5 Å². The average molecular weight is 415 g/mol. The number of carbonyl (C=O) groups excluding carboxylic acids is 1. The fraction of sp³-hybridized carbons (Fsp3) is 0.111. The summed E-state index contributed by atoms with van der Waals surface area (Å²) >= 11 is 2.84. The van der Waals surface area contributed by atoms with Gasteiger partial charge in [-0.25, -0.2) is 10.5 Å². The van der Waals surface area contributed by atoms with E-state index in [-0.39, 0.29) is 11.7 Å². The molecule has 0 fully saturated rings. The first-order valence-electron chi connectivity index (χ1n) is 8.25. The molecule has 2 aromatic heterocycles. The summed E-state index contributed by atoms with van der Waals surface area (Å²) in [7, 11) is 0. The number of thioether (sulfide) groups is 2. The monoisotopic (exact) mass is 414 g/mol. The molecule has 0 unspecified atom stereocenters. The third-order valence-electron chi connectivity index (χ3n) is 3.22. The SMILES string of the molecule is C=CCSc1ccccc1NC(=O)CSc1n[nH]c(NN=Cc2ccco2)n1. The number of hydrogen-bond donors (Lipinski definition) is 3. The molecule has 0 spiro atoms. The third kappa shape index (κ3) is 6.03. The highest BCUT2D eigenvalue weighted by atomic mass is 32.2. The summed E-state index contributed by atoms with van der Waals surface area (Å²) < 4.78 is 5.13. The van der Waals surface area contributed by atoms with Crippen molar-refractivity contribution in [1.82, 2.24) is 15.2 Å². The number of amides is 1. The van der Waals surface area contributed by atoms with Crippen LogP contribution in [0.2, 0.25) is 0 Å². The minimum Gasteiger partial charge on any atom is -0.463 e. The maximum Gasteiger partial charge on any atom is 0.240 e. The maximum absolute atomic E-state index is 12.2. The Balaban J connectivity index is 1.47. The van der Waals surface area contributed by atoms with Crippen molar-refractivity contribution in [2.75, 3.05) is 22.2 Å². The highest BCUT2D eigenvalue weighted by Crippen LogP contribution is 2.27. The van der Waals surface area contributed by atoms with Gasteiger partial charge in [0.05, 0.1) is 23.9 Å². The van der Waals surface area contributed by atoms with Crippen molar-refractivity contribution in [3.05, 3.63) is 61.1 Å². The first-order valence-corrected chi connectivity index (χ1v) is 10.2. The Kier molecular flexibility index (Phi) is 7.33. The molecule has 0 radical (unpaired) electrons. The van der Waals surface area contributed by atoms with E-state index in [0.29, 0.717) is 16.9 Å². The summed E-state index contributed by atoms with van der Waals surface area (Å²) in [5.74, 6) is 1.82. The predicted octanol–water partition coefficient (Wildman–Crippen LogP) is 3.85. The summed E-state index contributed by atoms with van der Waals surface area (Å²) in [4.78, 5) is 17.5. The van der Waals surface area contributed by atoms with Crippen LogP contribution in [0.5, 0.6) is 0 Å². The van der Waals surface area contributed by atoms with E-state index >= 15 is 0 Å². The number of carbonyl (C=O) groups is 1. The summed E-state index contributed by atoms with van der Waals surface area (Å²) in [6, 6.07) is 11.2. The highest BCUT2D eigenvalue weighted by Gasteiger charge is 2.10. The van der Waals surface area contributed by atoms with Gasteiger partial charge >= 0.3 is 0 Å². The number of H-pyrrole nitrogens is 1. The van der Waals surface area contributed by atoms with E-state index in [2.05, 4.69) is 37.6 Å². The van der Waals surface area contributed by atoms with E-state index in [9.17, 15) is 4.79 Å². The second-order valence-electron chi connectivity index (χ2n) is 5.28. The molecule has 0 aliphatic heterocycles. The minimum absolute atomic E-state index is 0.133. The molecule has 28 heavy (non-hydrogen) atoms. The first kappa shape index (κ1) is 19.8. The molecule has 10 heteroatoms. The van der Waals surface area contributed by atoms with Gasteiger partial charge in [-0.1, -0.05) is 30.0 Å². The number of furan rings is 1. The van der Waals surface area contributed by atoms with Crippen LogP contribution in [0, 0.1) is 0 Å². The van der Waals surface area contributed by atoms with Crippen molar-refractivity contribution < 1.29 is 9.21 Å². The maximum atomic E-state index is 12.2. The van der Waals surface area contributed by atoms with Crippen LogP contribution in [0.3, 0.4) is 0 Å². The Morgan fingerprint density at radius 2 is 2.18 bits per heavy atom. The van der Waals surface area contributed by atoms with Crippen molar-refractivity contribution in [2.45, 2.75) is 10.1 Å². The molecule has 1 aromatic carbocycles. The van der Waals surface area contributed by atoms with E-state index in [1.54, 1.807) is 30.2 Å². The van der Waals surface area contributed by atoms with Gasteiger partial charge in [0.1, 0.15) is 5.76 Å². The van der Waals surface area contributed by atoms with Crippen molar-refractivity contribution >= 4 is 47.3 Å². The standard InChI is InChI=1S/C18H18N6O2S2/c1-2-10-27-15-8-4-3-7-14(15)20-16(25)12-28-18-21-17(23-24-18)22-19-11-13-6-5-9-26-13/h2-9,11H,1,10,12H2,(H,20,25)(H2,21,22,23,24). The van der Waals surface area contributed by atoms with Crippen LogP contribution in [-0.2, 0) is 4.79 Å². The lowest BCUT2D eigenvalue weighted by Crippen LogP contribution is -2.14. The summed E-state index contributed by atoms with van der Waals surface area (Å²) in [5.41, 5.74) is 3.50. The lowest BCUT2D eigenvalue weighted by molar-refractivity contribution is -0.113. The fourth-order valence-corrected chi connectivity index (χ4v) is 3.39. The molecule has 2 heterocycles. The lowest BCUT2D eigenvalue weighted by atomic mass is 10.3. The van der Waals surface area contributed by atoms with Crippen LogP contribution in [0.4, 0.5) is 11.6 Å². The molecule has 144 valence electrons. The van der Waals surface area contributed by atoms with Crippen LogP contribution in [-0.4, -0.2) is 38.8 Å². The number of hydrogen-bond acceptors (Lipinski definition) is 8. The molecule has 0 aliphatic carbocycles. The van der Waals surface area contributed by atoms with Gasteiger partial charge in [-0.2, -0.15) is 10.1 Å². The molecular formula is C18H18N6O2S2. The summed E-state index contributed by atoms with van der Waals surface area (Å²) in [6.07, 6.45) is 4.91. The molecule has 0 bridgehead atoms. The Bertz CT molecular complexity index is 939. The number of para-hydroxylation sites is 1. The zero-order valence-electron chi connectivity index (χ0n) is 14.8. The number of hydrazone groups is 1. The highest BCUT2D eigenvalue weighted by molar-refractivity contribution is 8.00. The lowest BCUT2D eigenvalue weighted by Gasteiger charge is -2.09. The first-order chi connectivity index (χ1) is 13.7. The predicted molar refractivity (Wildman–Crippen MR) is 113 cm³/mol. The van der Waals surface area contributed by atoms with Gasteiger partial charge in [-0.15, -0.1) is 23.4 Å². The molecule has 3 rings (SSSR count). The van der Waals surface area contributed by atoms with Gasteiger partial charge in [0.25, 0.3) is 0 Å². The van der Waals surface area contributed by atoms with Gasteiger partial charge in [-0.05, 0) is 24.3 Å². The quantitative estimate of drug-likeness (QED) is 0.200. The molecule has 0 atom stereocenters. The van der Waals surface area contributed by atoms with Gasteiger partial charge in [0.2, 0.25) is 17.0 Å². The third-order valence-corrected chi connectivity index (χ3v) is 5.14. The number of nitrogens with zero attached hydrogens (tertiary/aromatic N) is 3. The Morgan fingerprint density at radius 3 is 3.00 bits per heavy atom. The van der Waals surface area contributed by atoms with Crippen LogP contribution in [0.25, 0.3) is 0 Å². The van der Waals surface area contributed by atoms with Gasteiger partial charge in [-0.3, -0.25) is 4.79 Å². The van der Waals surface area contributed by atoms with E-state index < -0.39 is 0 Å². The second-order valence-corrected chi connectivity index (χ2v) is 7.29. The Morgan fingerprint density at radius 1 is 1.29 bits per heavy atom. The summed E-state index contributed by atoms with van der Waals surface area (Å²) in [5, 5.41) is 14.1. The molecular weight excluding hydrogens is 396 g/mol. The van der Waals surface area contributed by atoms with Crippen LogP contribution in [0.1, 0.15) is 5.76 Å². The second kappa shape index (κ2) is 10.4. The molecule has 3 N–H and O–H groups in total. The van der Waals surface area contributed by atoms with Crippen LogP contribution < -0.4 is 10.7 Å². The van der Waals surface area contributed by atoms with Crippen molar-refractivity contribution in [3.8, 4) is 0 Å². The van der Waals surface area contributed by atoms with Crippen LogP contribution in [0.15, 0.2) is 74.9 Å². The topological polar surface area (TPSA) is 108 Å². The number of aromatic nitrogens is 3.